The smallest absolute Gasteiger partial charge is 0.310 e. The minimum Gasteiger partial charge on any atom is -0.469 e. The van der Waals surface area contributed by atoms with Gasteiger partial charge in [-0.25, -0.2) is 4.39 Å². The summed E-state index contributed by atoms with van der Waals surface area (Å²) < 4.78 is 18.1. The molecule has 0 aliphatic rings. The first-order chi connectivity index (χ1) is 6.54. The first-order valence-electron chi connectivity index (χ1n) is 3.75. The number of halogens is 3. The van der Waals surface area contributed by atoms with Gasteiger partial charge in [-0.05, 0) is 17.7 Å². The molecule has 0 aliphatic heterocycles. The Kier molecular flexibility index (Phi) is 3.89. The molecular formula is C9H7BrClFO2. The summed E-state index contributed by atoms with van der Waals surface area (Å²) in [6, 6.07) is 2.82. The van der Waals surface area contributed by atoms with Gasteiger partial charge in [-0.2, -0.15) is 0 Å². The lowest BCUT2D eigenvalue weighted by Crippen LogP contribution is -2.05. The molecule has 0 saturated heterocycles. The van der Waals surface area contributed by atoms with Crippen LogP contribution in [-0.2, 0) is 16.0 Å². The molecule has 0 spiro atoms. The molecule has 0 aromatic heterocycles. The third kappa shape index (κ3) is 2.69. The van der Waals surface area contributed by atoms with Crippen molar-refractivity contribution < 1.29 is 13.9 Å². The molecule has 0 heterocycles. The van der Waals surface area contributed by atoms with E-state index in [-0.39, 0.29) is 11.4 Å². The van der Waals surface area contributed by atoms with Gasteiger partial charge in [0.1, 0.15) is 5.82 Å². The Hall–Kier alpha value is -0.610. The van der Waals surface area contributed by atoms with Gasteiger partial charge in [0.15, 0.2) is 0 Å². The third-order valence-corrected chi connectivity index (χ3v) is 2.51. The molecule has 1 aromatic rings. The van der Waals surface area contributed by atoms with Crippen LogP contribution in [0.4, 0.5) is 4.39 Å². The average Bonchev–Trinajstić information content (AvgIpc) is 2.13. The number of methoxy groups -OCH3 is 1. The minimum atomic E-state index is -0.556. The molecule has 0 radical (unpaired) electrons. The van der Waals surface area contributed by atoms with Crippen molar-refractivity contribution in [3.05, 3.63) is 33.0 Å². The van der Waals surface area contributed by atoms with Crippen molar-refractivity contribution in [2.75, 3.05) is 7.11 Å². The van der Waals surface area contributed by atoms with Crippen molar-refractivity contribution in [1.82, 2.24) is 0 Å². The first kappa shape index (κ1) is 11.5. The number of ether oxygens (including phenoxy) is 1. The number of hydrogen-bond acceptors (Lipinski definition) is 2. The molecule has 0 unspecified atom stereocenters. The van der Waals surface area contributed by atoms with Gasteiger partial charge in [-0.3, -0.25) is 4.79 Å². The van der Waals surface area contributed by atoms with E-state index >= 15 is 0 Å². The number of esters is 1. The Morgan fingerprint density at radius 2 is 2.29 bits per heavy atom. The summed E-state index contributed by atoms with van der Waals surface area (Å²) >= 11 is 8.77. The topological polar surface area (TPSA) is 26.3 Å². The lowest BCUT2D eigenvalue weighted by Gasteiger charge is -2.04. The van der Waals surface area contributed by atoms with Crippen LogP contribution >= 0.6 is 27.5 Å². The molecule has 0 atom stereocenters. The summed E-state index contributed by atoms with van der Waals surface area (Å²) in [5, 5.41) is -0.0430. The summed E-state index contributed by atoms with van der Waals surface area (Å²) in [7, 11) is 1.27. The number of carbonyl (C=O) groups is 1. The molecule has 0 amide bonds. The molecule has 0 saturated carbocycles. The predicted octanol–water partition coefficient (Wildman–Crippen LogP) is 2.96. The monoisotopic (exact) mass is 280 g/mol. The van der Waals surface area contributed by atoms with Crippen LogP contribution in [0.1, 0.15) is 5.56 Å². The number of benzene rings is 1. The van der Waals surface area contributed by atoms with Crippen molar-refractivity contribution in [2.24, 2.45) is 0 Å². The van der Waals surface area contributed by atoms with E-state index in [4.69, 9.17) is 11.6 Å². The fraction of sp³-hybridized carbons (Fsp3) is 0.222. The Morgan fingerprint density at radius 1 is 1.64 bits per heavy atom. The van der Waals surface area contributed by atoms with Gasteiger partial charge in [0.25, 0.3) is 0 Å². The van der Waals surface area contributed by atoms with Crippen LogP contribution in [0, 0.1) is 5.82 Å². The van der Waals surface area contributed by atoms with Gasteiger partial charge in [-0.1, -0.05) is 27.5 Å². The Morgan fingerprint density at radius 3 is 2.86 bits per heavy atom. The second-order valence-electron chi connectivity index (χ2n) is 2.61. The van der Waals surface area contributed by atoms with E-state index in [9.17, 15) is 9.18 Å². The molecule has 0 bridgehead atoms. The number of carbonyl (C=O) groups excluding carboxylic acids is 1. The molecular weight excluding hydrogens is 274 g/mol. The lowest BCUT2D eigenvalue weighted by molar-refractivity contribution is -0.139. The van der Waals surface area contributed by atoms with Crippen LogP contribution < -0.4 is 0 Å². The highest BCUT2D eigenvalue weighted by molar-refractivity contribution is 9.10. The highest BCUT2D eigenvalue weighted by Crippen LogP contribution is 2.25. The molecule has 0 N–H and O–H groups in total. The zero-order valence-electron chi connectivity index (χ0n) is 7.31. The maximum Gasteiger partial charge on any atom is 0.310 e. The summed E-state index contributed by atoms with van der Waals surface area (Å²) in [5.41, 5.74) is 0.408. The van der Waals surface area contributed by atoms with Crippen molar-refractivity contribution in [3.63, 3.8) is 0 Å². The minimum absolute atomic E-state index is 0.0360. The third-order valence-electron chi connectivity index (χ3n) is 1.63. The molecule has 76 valence electrons. The van der Waals surface area contributed by atoms with E-state index in [1.54, 1.807) is 6.07 Å². The van der Waals surface area contributed by atoms with Crippen LogP contribution in [0.15, 0.2) is 16.6 Å². The normalized spacial score (nSPS) is 10.0. The van der Waals surface area contributed by atoms with Gasteiger partial charge >= 0.3 is 5.97 Å². The van der Waals surface area contributed by atoms with Gasteiger partial charge < -0.3 is 4.74 Å². The largest absolute Gasteiger partial charge is 0.469 e. The molecule has 0 fully saturated rings. The fourth-order valence-corrected chi connectivity index (χ4v) is 1.62. The van der Waals surface area contributed by atoms with Gasteiger partial charge in [0, 0.05) is 4.47 Å². The summed E-state index contributed by atoms with van der Waals surface area (Å²) in [6.45, 7) is 0. The number of hydrogen-bond donors (Lipinski definition) is 0. The van der Waals surface area contributed by atoms with E-state index in [1.165, 1.54) is 13.2 Å². The zero-order chi connectivity index (χ0) is 10.7. The molecule has 1 aromatic carbocycles. The molecule has 0 aliphatic carbocycles. The van der Waals surface area contributed by atoms with Crippen molar-refractivity contribution >= 4 is 33.5 Å². The van der Waals surface area contributed by atoms with E-state index in [2.05, 4.69) is 20.7 Å². The van der Waals surface area contributed by atoms with Gasteiger partial charge in [0.05, 0.1) is 18.6 Å². The molecule has 14 heavy (non-hydrogen) atoms. The van der Waals surface area contributed by atoms with Crippen LogP contribution in [-0.4, -0.2) is 13.1 Å². The highest BCUT2D eigenvalue weighted by atomic mass is 79.9. The van der Waals surface area contributed by atoms with E-state index in [0.717, 1.165) is 0 Å². The Bertz CT molecular complexity index is 368. The second kappa shape index (κ2) is 4.75. The van der Waals surface area contributed by atoms with Crippen molar-refractivity contribution in [3.8, 4) is 0 Å². The Balaban J connectivity index is 3.02. The van der Waals surface area contributed by atoms with Crippen LogP contribution in [0.3, 0.4) is 0 Å². The second-order valence-corrected chi connectivity index (χ2v) is 3.91. The van der Waals surface area contributed by atoms with Crippen LogP contribution in [0.5, 0.6) is 0 Å². The van der Waals surface area contributed by atoms with E-state index in [1.807, 2.05) is 0 Å². The zero-order valence-corrected chi connectivity index (χ0v) is 9.65. The maximum absolute atomic E-state index is 13.1. The fourth-order valence-electron chi connectivity index (χ4n) is 0.966. The van der Waals surface area contributed by atoms with Crippen molar-refractivity contribution in [2.45, 2.75) is 6.42 Å². The van der Waals surface area contributed by atoms with Gasteiger partial charge in [0.2, 0.25) is 0 Å². The Labute approximate surface area is 94.1 Å². The maximum atomic E-state index is 13.1. The van der Waals surface area contributed by atoms with Gasteiger partial charge in [-0.15, -0.1) is 0 Å². The summed E-state index contributed by atoms with van der Waals surface area (Å²) in [5.74, 6) is -1.01. The van der Waals surface area contributed by atoms with Crippen molar-refractivity contribution in [1.29, 1.82) is 0 Å². The quantitative estimate of drug-likeness (QED) is 0.615. The lowest BCUT2D eigenvalue weighted by atomic mass is 10.1. The van der Waals surface area contributed by atoms with E-state index < -0.39 is 11.8 Å². The van der Waals surface area contributed by atoms with E-state index in [0.29, 0.717) is 10.0 Å². The average molecular weight is 282 g/mol. The molecule has 2 nitrogen and oxygen atoms in total. The van der Waals surface area contributed by atoms with Crippen LogP contribution in [0.2, 0.25) is 5.02 Å². The highest BCUT2D eigenvalue weighted by Gasteiger charge is 2.11. The SMILES string of the molecule is COC(=O)Cc1cc(Br)cc(F)c1Cl. The summed E-state index contributed by atoms with van der Waals surface area (Å²) in [4.78, 5) is 10.9. The first-order valence-corrected chi connectivity index (χ1v) is 4.92. The summed E-state index contributed by atoms with van der Waals surface area (Å²) in [6.07, 6.45) is -0.0360. The molecule has 5 heteroatoms. The van der Waals surface area contributed by atoms with Crippen LogP contribution in [0.25, 0.3) is 0 Å². The molecule has 1 rings (SSSR count). The standard InChI is InChI=1S/C9H7BrClFO2/c1-14-8(13)3-5-2-6(10)4-7(12)9(5)11/h2,4H,3H2,1H3. The predicted molar refractivity (Wildman–Crippen MR) is 54.8 cm³/mol. The number of rotatable bonds is 2.